The van der Waals surface area contributed by atoms with Crippen molar-refractivity contribution in [3.05, 3.63) is 34.7 Å². The van der Waals surface area contributed by atoms with E-state index in [-0.39, 0.29) is 10.1 Å². The van der Waals surface area contributed by atoms with Gasteiger partial charge in [0.1, 0.15) is 9.96 Å². The van der Waals surface area contributed by atoms with Gasteiger partial charge in [-0.3, -0.25) is 9.52 Å². The van der Waals surface area contributed by atoms with Crippen molar-refractivity contribution in [2.75, 3.05) is 10.0 Å². The van der Waals surface area contributed by atoms with Gasteiger partial charge >= 0.3 is 0 Å². The molecule has 0 saturated carbocycles. The van der Waals surface area contributed by atoms with Gasteiger partial charge in [0.25, 0.3) is 15.9 Å². The summed E-state index contributed by atoms with van der Waals surface area (Å²) in [5.74, 6) is 0.215. The molecule has 0 saturated heterocycles. The number of ether oxygens (including phenoxy) is 1. The van der Waals surface area contributed by atoms with Gasteiger partial charge in [-0.05, 0) is 37.3 Å². The summed E-state index contributed by atoms with van der Waals surface area (Å²) in [6, 6.07) is 7.62. The third-order valence-corrected chi connectivity index (χ3v) is 6.08. The molecule has 0 spiro atoms. The Morgan fingerprint density at radius 1 is 1.32 bits per heavy atom. The van der Waals surface area contributed by atoms with Crippen molar-refractivity contribution in [1.29, 1.82) is 0 Å². The number of benzene rings is 1. The first-order valence-corrected chi connectivity index (χ1v) is 8.93. The quantitative estimate of drug-likeness (QED) is 0.883. The standard InChI is InChI=1S/C13H11ClN2O4S2/c1-7-13(17)15-9-6-8(2-3-10(9)20-7)16-22(18,19)12-5-4-11(14)21-12/h2-7,16H,1H3,(H,15,17)/t7-/m1/s1. The minimum Gasteiger partial charge on any atom is -0.479 e. The van der Waals surface area contributed by atoms with Crippen LogP contribution in [0.15, 0.2) is 34.5 Å². The van der Waals surface area contributed by atoms with Gasteiger partial charge in [0, 0.05) is 0 Å². The Balaban J connectivity index is 1.88. The molecule has 1 atom stereocenters. The normalized spacial score (nSPS) is 17.4. The second-order valence-electron chi connectivity index (χ2n) is 4.62. The van der Waals surface area contributed by atoms with E-state index in [2.05, 4.69) is 10.0 Å². The minimum absolute atomic E-state index is 0.115. The molecule has 22 heavy (non-hydrogen) atoms. The highest BCUT2D eigenvalue weighted by Gasteiger charge is 2.24. The van der Waals surface area contributed by atoms with E-state index in [1.807, 2.05) is 0 Å². The maximum atomic E-state index is 12.2. The van der Waals surface area contributed by atoms with Gasteiger partial charge < -0.3 is 10.1 Å². The van der Waals surface area contributed by atoms with Crippen LogP contribution in [0.2, 0.25) is 4.34 Å². The molecule has 0 aliphatic carbocycles. The van der Waals surface area contributed by atoms with Crippen LogP contribution in [-0.4, -0.2) is 20.4 Å². The van der Waals surface area contributed by atoms with Crippen LogP contribution in [0.25, 0.3) is 0 Å². The van der Waals surface area contributed by atoms with Crippen LogP contribution < -0.4 is 14.8 Å². The lowest BCUT2D eigenvalue weighted by molar-refractivity contribution is -0.122. The number of amides is 1. The fraction of sp³-hybridized carbons (Fsp3) is 0.154. The number of hydrogen-bond acceptors (Lipinski definition) is 5. The molecule has 1 amide bonds. The molecule has 6 nitrogen and oxygen atoms in total. The summed E-state index contributed by atoms with van der Waals surface area (Å²) in [5, 5.41) is 2.66. The Morgan fingerprint density at radius 2 is 2.09 bits per heavy atom. The van der Waals surface area contributed by atoms with Crippen molar-refractivity contribution in [3.8, 4) is 5.75 Å². The van der Waals surface area contributed by atoms with Crippen molar-refractivity contribution in [2.45, 2.75) is 17.2 Å². The van der Waals surface area contributed by atoms with E-state index < -0.39 is 16.1 Å². The highest BCUT2D eigenvalue weighted by molar-refractivity contribution is 7.94. The molecule has 2 heterocycles. The maximum absolute atomic E-state index is 12.2. The maximum Gasteiger partial charge on any atom is 0.271 e. The van der Waals surface area contributed by atoms with Crippen molar-refractivity contribution in [3.63, 3.8) is 0 Å². The Kier molecular flexibility index (Phi) is 3.75. The number of anilines is 2. The van der Waals surface area contributed by atoms with Crippen molar-refractivity contribution in [2.24, 2.45) is 0 Å². The lowest BCUT2D eigenvalue weighted by Gasteiger charge is -2.23. The number of nitrogens with one attached hydrogen (secondary N) is 2. The minimum atomic E-state index is -3.71. The molecular weight excluding hydrogens is 348 g/mol. The van der Waals surface area contributed by atoms with E-state index >= 15 is 0 Å². The largest absolute Gasteiger partial charge is 0.479 e. The summed E-state index contributed by atoms with van der Waals surface area (Å²) in [4.78, 5) is 11.6. The summed E-state index contributed by atoms with van der Waals surface area (Å²) in [6.07, 6.45) is -0.580. The number of sulfonamides is 1. The number of carbonyl (C=O) groups excluding carboxylic acids is 1. The number of rotatable bonds is 3. The van der Waals surface area contributed by atoms with E-state index in [0.29, 0.717) is 21.5 Å². The molecule has 1 aliphatic rings. The molecule has 0 unspecified atom stereocenters. The monoisotopic (exact) mass is 358 g/mol. The Bertz CT molecular complexity index is 847. The van der Waals surface area contributed by atoms with E-state index in [9.17, 15) is 13.2 Å². The molecular formula is C13H11ClN2O4S2. The third kappa shape index (κ3) is 2.90. The Hall–Kier alpha value is -1.77. The van der Waals surface area contributed by atoms with Crippen LogP contribution in [0.5, 0.6) is 5.75 Å². The van der Waals surface area contributed by atoms with E-state index in [1.54, 1.807) is 19.1 Å². The zero-order valence-corrected chi connectivity index (χ0v) is 13.7. The molecule has 116 valence electrons. The first-order chi connectivity index (χ1) is 10.3. The lowest BCUT2D eigenvalue weighted by atomic mass is 10.2. The van der Waals surface area contributed by atoms with E-state index in [1.165, 1.54) is 18.2 Å². The zero-order valence-electron chi connectivity index (χ0n) is 11.3. The molecule has 0 radical (unpaired) electrons. The van der Waals surface area contributed by atoms with Gasteiger partial charge in [0.05, 0.1) is 15.7 Å². The fourth-order valence-corrected chi connectivity index (χ4v) is 4.45. The van der Waals surface area contributed by atoms with Gasteiger partial charge in [-0.2, -0.15) is 0 Å². The SMILES string of the molecule is C[C@H]1Oc2ccc(NS(=O)(=O)c3ccc(Cl)s3)cc2NC1=O. The second kappa shape index (κ2) is 5.45. The topological polar surface area (TPSA) is 84.5 Å². The molecule has 9 heteroatoms. The van der Waals surface area contributed by atoms with Gasteiger partial charge in [0.15, 0.2) is 6.10 Å². The Labute approximate surface area is 136 Å². The van der Waals surface area contributed by atoms with Crippen LogP contribution in [0.3, 0.4) is 0 Å². The third-order valence-electron chi connectivity index (χ3n) is 2.98. The molecule has 1 aromatic carbocycles. The average molecular weight is 359 g/mol. The summed E-state index contributed by atoms with van der Waals surface area (Å²) in [5.41, 5.74) is 0.745. The average Bonchev–Trinajstić information content (AvgIpc) is 2.88. The fourth-order valence-electron chi connectivity index (χ4n) is 1.92. The smallest absolute Gasteiger partial charge is 0.271 e. The highest BCUT2D eigenvalue weighted by Crippen LogP contribution is 2.33. The van der Waals surface area contributed by atoms with Gasteiger partial charge in [-0.1, -0.05) is 11.6 Å². The molecule has 0 bridgehead atoms. The van der Waals surface area contributed by atoms with Crippen molar-refractivity contribution < 1.29 is 17.9 Å². The van der Waals surface area contributed by atoms with Gasteiger partial charge in [-0.25, -0.2) is 8.42 Å². The predicted molar refractivity (Wildman–Crippen MR) is 85.3 cm³/mol. The second-order valence-corrected chi connectivity index (χ2v) is 8.25. The van der Waals surface area contributed by atoms with E-state index in [4.69, 9.17) is 16.3 Å². The molecule has 1 aliphatic heterocycles. The summed E-state index contributed by atoms with van der Waals surface area (Å²) >= 11 is 6.72. The molecule has 0 fully saturated rings. The predicted octanol–water partition coefficient (Wildman–Crippen LogP) is 2.92. The molecule has 3 rings (SSSR count). The number of fused-ring (bicyclic) bond motifs is 1. The number of hydrogen-bond donors (Lipinski definition) is 2. The molecule has 2 aromatic rings. The molecule has 2 N–H and O–H groups in total. The van der Waals surface area contributed by atoms with E-state index in [0.717, 1.165) is 11.3 Å². The van der Waals surface area contributed by atoms with Crippen LogP contribution in [0, 0.1) is 0 Å². The van der Waals surface area contributed by atoms with Crippen molar-refractivity contribution in [1.82, 2.24) is 0 Å². The first-order valence-electron chi connectivity index (χ1n) is 6.25. The highest BCUT2D eigenvalue weighted by atomic mass is 35.5. The van der Waals surface area contributed by atoms with Crippen LogP contribution in [-0.2, 0) is 14.8 Å². The first kappa shape index (κ1) is 15.1. The van der Waals surface area contributed by atoms with Crippen LogP contribution in [0.1, 0.15) is 6.92 Å². The van der Waals surface area contributed by atoms with Gasteiger partial charge in [-0.15, -0.1) is 11.3 Å². The van der Waals surface area contributed by atoms with Crippen LogP contribution in [0.4, 0.5) is 11.4 Å². The zero-order chi connectivity index (χ0) is 15.9. The number of thiophene rings is 1. The number of halogens is 1. The number of carbonyl (C=O) groups is 1. The summed E-state index contributed by atoms with van der Waals surface area (Å²) < 4.78 is 32.8. The summed E-state index contributed by atoms with van der Waals surface area (Å²) in [7, 11) is -3.71. The molecule has 1 aromatic heterocycles. The summed E-state index contributed by atoms with van der Waals surface area (Å²) in [6.45, 7) is 1.63. The lowest BCUT2D eigenvalue weighted by Crippen LogP contribution is -2.34. The van der Waals surface area contributed by atoms with Crippen molar-refractivity contribution >= 4 is 50.2 Å². The van der Waals surface area contributed by atoms with Crippen LogP contribution >= 0.6 is 22.9 Å². The van der Waals surface area contributed by atoms with Gasteiger partial charge in [0.2, 0.25) is 0 Å². The Morgan fingerprint density at radius 3 is 2.77 bits per heavy atom.